The molecule has 1 saturated heterocycles. The third-order valence-electron chi connectivity index (χ3n) is 7.33. The fourth-order valence-electron chi connectivity index (χ4n) is 5.28. The summed E-state index contributed by atoms with van der Waals surface area (Å²) in [5.74, 6) is -0.297. The van der Waals surface area contributed by atoms with Crippen LogP contribution in [-0.4, -0.2) is 33.8 Å². The molecule has 2 fully saturated rings. The molecule has 1 aliphatic carbocycles. The maximum Gasteiger partial charge on any atom is 0.414 e. The van der Waals surface area contributed by atoms with Gasteiger partial charge in [0.25, 0.3) is 5.56 Å². The van der Waals surface area contributed by atoms with Crippen LogP contribution in [0.3, 0.4) is 0 Å². The van der Waals surface area contributed by atoms with Gasteiger partial charge in [-0.3, -0.25) is 24.2 Å². The van der Waals surface area contributed by atoms with Gasteiger partial charge in [-0.25, -0.2) is 9.18 Å². The summed E-state index contributed by atoms with van der Waals surface area (Å²) < 4.78 is 22.1. The Morgan fingerprint density at radius 3 is 2.59 bits per heavy atom. The van der Waals surface area contributed by atoms with E-state index < -0.39 is 11.9 Å². The van der Waals surface area contributed by atoms with Gasteiger partial charge in [-0.05, 0) is 79.1 Å². The second-order valence-electron chi connectivity index (χ2n) is 9.84. The van der Waals surface area contributed by atoms with Crippen molar-refractivity contribution < 1.29 is 13.9 Å². The predicted octanol–water partition coefficient (Wildman–Crippen LogP) is 6.58. The Bertz CT molecular complexity index is 1710. The highest BCUT2D eigenvalue weighted by Gasteiger charge is 2.42. The molecule has 1 amide bonds. The van der Waals surface area contributed by atoms with E-state index in [1.165, 1.54) is 15.5 Å². The first-order valence-electron chi connectivity index (χ1n) is 12.5. The van der Waals surface area contributed by atoms with Crippen LogP contribution in [0, 0.1) is 19.7 Å². The molecule has 3 aromatic heterocycles. The van der Waals surface area contributed by atoms with E-state index in [1.54, 1.807) is 36.8 Å². The quantitative estimate of drug-likeness (QED) is 0.273. The number of halogens is 3. The minimum Gasteiger partial charge on any atom is -0.447 e. The van der Waals surface area contributed by atoms with Crippen molar-refractivity contribution in [1.82, 2.24) is 14.5 Å². The summed E-state index contributed by atoms with van der Waals surface area (Å²) in [4.78, 5) is 35.5. The zero-order valence-corrected chi connectivity index (χ0v) is 22.6. The zero-order valence-electron chi connectivity index (χ0n) is 21.1. The third-order valence-corrected chi connectivity index (χ3v) is 7.91. The summed E-state index contributed by atoms with van der Waals surface area (Å²) in [5.41, 5.74) is 4.08. The molecule has 2 atom stereocenters. The molecular weight excluding hydrogens is 542 g/mol. The van der Waals surface area contributed by atoms with Crippen LogP contribution in [-0.2, 0) is 4.74 Å². The lowest BCUT2D eigenvalue weighted by Crippen LogP contribution is -2.24. The Morgan fingerprint density at radius 1 is 1.03 bits per heavy atom. The van der Waals surface area contributed by atoms with Crippen molar-refractivity contribution in [1.29, 1.82) is 0 Å². The number of anilines is 1. The number of aromatic nitrogens is 3. The predicted molar refractivity (Wildman–Crippen MR) is 148 cm³/mol. The number of cyclic esters (lactones) is 1. The van der Waals surface area contributed by atoms with E-state index in [0.29, 0.717) is 22.1 Å². The molecule has 6 rings (SSSR count). The third kappa shape index (κ3) is 4.47. The summed E-state index contributed by atoms with van der Waals surface area (Å²) in [6.07, 6.45) is 5.24. The van der Waals surface area contributed by atoms with Gasteiger partial charge in [0.05, 0.1) is 28.6 Å². The number of benzene rings is 1. The van der Waals surface area contributed by atoms with Gasteiger partial charge in [0.15, 0.2) is 5.82 Å². The van der Waals surface area contributed by atoms with Crippen LogP contribution in [0.1, 0.15) is 40.6 Å². The summed E-state index contributed by atoms with van der Waals surface area (Å²) in [6.45, 7) is 4.14. The fourth-order valence-corrected chi connectivity index (χ4v) is 5.74. The topological polar surface area (TPSA) is 77.3 Å². The second kappa shape index (κ2) is 9.77. The minimum atomic E-state index is -0.593. The largest absolute Gasteiger partial charge is 0.447 e. The van der Waals surface area contributed by atoms with E-state index in [1.807, 2.05) is 26.0 Å². The van der Waals surface area contributed by atoms with E-state index in [0.717, 1.165) is 23.1 Å². The Hall–Kier alpha value is -3.75. The Kier molecular flexibility index (Phi) is 6.40. The number of hydrogen-bond donors (Lipinski definition) is 0. The fraction of sp³-hybridized carbons (Fsp3) is 0.241. The van der Waals surface area contributed by atoms with E-state index in [4.69, 9.17) is 27.9 Å². The summed E-state index contributed by atoms with van der Waals surface area (Å²) >= 11 is 12.8. The zero-order chi connectivity index (χ0) is 27.4. The molecule has 10 heteroatoms. The number of ether oxygens (including phenoxy) is 1. The highest BCUT2D eigenvalue weighted by Crippen LogP contribution is 2.56. The number of pyridine rings is 3. The van der Waals surface area contributed by atoms with Gasteiger partial charge in [0, 0.05) is 29.8 Å². The SMILES string of the molecule is Cc1cnc(-c2cccc(N3CCOC3=O)c2F)cc1-n1c(C)cc([C@H]2C[C@@H]2c2cncc(Cl)c2)c(Cl)c1=O. The molecule has 4 heterocycles. The van der Waals surface area contributed by atoms with E-state index in [9.17, 15) is 9.59 Å². The smallest absolute Gasteiger partial charge is 0.414 e. The van der Waals surface area contributed by atoms with Gasteiger partial charge in [0.1, 0.15) is 11.6 Å². The molecule has 39 heavy (non-hydrogen) atoms. The first-order chi connectivity index (χ1) is 18.7. The van der Waals surface area contributed by atoms with Gasteiger partial charge in [0.2, 0.25) is 0 Å². The number of aryl methyl sites for hydroxylation is 2. The summed E-state index contributed by atoms with van der Waals surface area (Å²) in [7, 11) is 0. The van der Waals surface area contributed by atoms with E-state index >= 15 is 4.39 Å². The molecule has 7 nitrogen and oxygen atoms in total. The van der Waals surface area contributed by atoms with Crippen molar-refractivity contribution in [2.75, 3.05) is 18.1 Å². The standard InChI is InChI=1S/C29H23Cl2FN4O3/c1-15-12-34-23(19-4-3-5-24(27(19)32)35-6-7-39-29(35)38)11-25(15)36-16(2)8-22(26(31)28(36)37)21-10-20(21)17-9-18(30)14-33-13-17/h3-5,8-9,11-14,20-21H,6-7,10H2,1-2H3/t20-,21+/m1/s1. The van der Waals surface area contributed by atoms with Crippen LogP contribution in [0.15, 0.2) is 59.8 Å². The van der Waals surface area contributed by atoms with Crippen molar-refractivity contribution in [3.63, 3.8) is 0 Å². The lowest BCUT2D eigenvalue weighted by Gasteiger charge is -2.18. The van der Waals surface area contributed by atoms with Gasteiger partial charge in [-0.1, -0.05) is 29.3 Å². The number of carbonyl (C=O) groups excluding carboxylic acids is 1. The molecule has 1 aromatic carbocycles. The second-order valence-corrected chi connectivity index (χ2v) is 10.7. The molecule has 1 aliphatic heterocycles. The Morgan fingerprint density at radius 2 is 1.85 bits per heavy atom. The van der Waals surface area contributed by atoms with Crippen molar-refractivity contribution in [3.05, 3.63) is 104 Å². The van der Waals surface area contributed by atoms with Crippen LogP contribution >= 0.6 is 23.2 Å². The van der Waals surface area contributed by atoms with Crippen LogP contribution < -0.4 is 10.5 Å². The van der Waals surface area contributed by atoms with Gasteiger partial charge in [-0.15, -0.1) is 0 Å². The molecule has 2 aliphatic rings. The van der Waals surface area contributed by atoms with Gasteiger partial charge < -0.3 is 4.74 Å². The maximum atomic E-state index is 15.6. The van der Waals surface area contributed by atoms with Crippen LogP contribution in [0.2, 0.25) is 10.0 Å². The molecule has 0 N–H and O–H groups in total. The van der Waals surface area contributed by atoms with Gasteiger partial charge in [-0.2, -0.15) is 0 Å². The number of amides is 1. The lowest BCUT2D eigenvalue weighted by atomic mass is 10.0. The first kappa shape index (κ1) is 25.5. The van der Waals surface area contributed by atoms with Crippen molar-refractivity contribution >= 4 is 35.0 Å². The minimum absolute atomic E-state index is 0.0991. The summed E-state index contributed by atoms with van der Waals surface area (Å²) in [6, 6.07) is 10.3. The molecule has 0 bridgehead atoms. The normalized spacial score (nSPS) is 18.4. The lowest BCUT2D eigenvalue weighted by molar-refractivity contribution is 0.181. The number of carbonyl (C=O) groups is 1. The summed E-state index contributed by atoms with van der Waals surface area (Å²) in [5, 5.41) is 0.726. The van der Waals surface area contributed by atoms with Crippen LogP contribution in [0.5, 0.6) is 0 Å². The number of nitrogens with zero attached hydrogens (tertiary/aromatic N) is 4. The highest BCUT2D eigenvalue weighted by atomic mass is 35.5. The molecule has 198 valence electrons. The maximum absolute atomic E-state index is 15.6. The first-order valence-corrected chi connectivity index (χ1v) is 13.2. The van der Waals surface area contributed by atoms with Crippen molar-refractivity contribution in [2.45, 2.75) is 32.1 Å². The van der Waals surface area contributed by atoms with E-state index in [-0.39, 0.29) is 46.8 Å². The van der Waals surface area contributed by atoms with Crippen LogP contribution in [0.4, 0.5) is 14.9 Å². The van der Waals surface area contributed by atoms with Crippen molar-refractivity contribution in [3.8, 4) is 16.9 Å². The van der Waals surface area contributed by atoms with Gasteiger partial charge >= 0.3 is 6.09 Å². The molecule has 0 spiro atoms. The molecule has 0 radical (unpaired) electrons. The molecule has 0 unspecified atom stereocenters. The van der Waals surface area contributed by atoms with E-state index in [2.05, 4.69) is 9.97 Å². The average molecular weight is 565 g/mol. The molecule has 4 aromatic rings. The average Bonchev–Trinajstić information content (AvgIpc) is 3.60. The Balaban J connectivity index is 1.38. The number of rotatable bonds is 5. The Labute approximate surface area is 233 Å². The van der Waals surface area contributed by atoms with Crippen LogP contribution in [0.25, 0.3) is 16.9 Å². The number of hydrogen-bond acceptors (Lipinski definition) is 5. The molecule has 1 saturated carbocycles. The van der Waals surface area contributed by atoms with Crippen molar-refractivity contribution in [2.24, 2.45) is 0 Å². The highest BCUT2D eigenvalue weighted by molar-refractivity contribution is 6.31. The molecular formula is C29H23Cl2FN4O3. The monoisotopic (exact) mass is 564 g/mol.